The molecule has 4 nitrogen and oxygen atoms in total. The fraction of sp³-hybridized carbons (Fsp3) is 0.588. The van der Waals surface area contributed by atoms with E-state index in [0.29, 0.717) is 6.54 Å². The summed E-state index contributed by atoms with van der Waals surface area (Å²) >= 11 is 0. The Hall–Kier alpha value is -1.39. The lowest BCUT2D eigenvalue weighted by molar-refractivity contribution is -0.134. The van der Waals surface area contributed by atoms with Gasteiger partial charge in [-0.3, -0.25) is 9.69 Å². The summed E-state index contributed by atoms with van der Waals surface area (Å²) in [4.78, 5) is 17.0. The summed E-state index contributed by atoms with van der Waals surface area (Å²) in [5, 5.41) is 9.44. The third kappa shape index (κ3) is 3.11. The molecule has 0 spiro atoms. The number of aliphatic hydroxyl groups excluding tert-OH is 1. The first-order valence-electron chi connectivity index (χ1n) is 7.92. The molecule has 1 saturated heterocycles. The van der Waals surface area contributed by atoms with E-state index in [1.165, 1.54) is 11.1 Å². The highest BCUT2D eigenvalue weighted by molar-refractivity contribution is 5.85. The van der Waals surface area contributed by atoms with Crippen LogP contribution in [0.1, 0.15) is 30.4 Å². The summed E-state index contributed by atoms with van der Waals surface area (Å²) in [6.45, 7) is 5.81. The van der Waals surface area contributed by atoms with Crippen molar-refractivity contribution in [1.29, 1.82) is 0 Å². The molecule has 1 N–H and O–H groups in total. The molecule has 0 unspecified atom stereocenters. The number of benzene rings is 1. The van der Waals surface area contributed by atoms with Crippen LogP contribution >= 0.6 is 0 Å². The molecule has 1 aliphatic heterocycles. The summed E-state index contributed by atoms with van der Waals surface area (Å²) in [5.41, 5.74) is 2.57. The molecule has 1 fully saturated rings. The van der Waals surface area contributed by atoms with E-state index in [9.17, 15) is 9.90 Å². The fourth-order valence-electron chi connectivity index (χ4n) is 3.56. The molecule has 2 aliphatic rings. The second-order valence-corrected chi connectivity index (χ2v) is 6.26. The van der Waals surface area contributed by atoms with Gasteiger partial charge < -0.3 is 10.0 Å². The topological polar surface area (TPSA) is 43.8 Å². The molecule has 2 atom stereocenters. The average molecular weight is 288 g/mol. The summed E-state index contributed by atoms with van der Waals surface area (Å²) in [6.07, 6.45) is 1.68. The minimum Gasteiger partial charge on any atom is -0.392 e. The van der Waals surface area contributed by atoms with Gasteiger partial charge in [0.25, 0.3) is 0 Å². The van der Waals surface area contributed by atoms with Gasteiger partial charge in [0.15, 0.2) is 0 Å². The highest BCUT2D eigenvalue weighted by atomic mass is 16.3. The normalized spacial score (nSPS) is 23.9. The number of carbonyl (C=O) groups excluding carboxylic acids is 1. The van der Waals surface area contributed by atoms with Gasteiger partial charge in [-0.1, -0.05) is 24.3 Å². The average Bonchev–Trinajstić information content (AvgIpc) is 2.90. The Morgan fingerprint density at radius 1 is 1.29 bits per heavy atom. The molecule has 0 saturated carbocycles. The van der Waals surface area contributed by atoms with E-state index >= 15 is 0 Å². The van der Waals surface area contributed by atoms with E-state index in [2.05, 4.69) is 23.1 Å². The van der Waals surface area contributed by atoms with Crippen molar-refractivity contribution in [2.24, 2.45) is 0 Å². The highest BCUT2D eigenvalue weighted by Gasteiger charge is 2.32. The number of amides is 1. The van der Waals surface area contributed by atoms with Crippen molar-refractivity contribution in [1.82, 2.24) is 9.80 Å². The second-order valence-electron chi connectivity index (χ2n) is 6.26. The Bertz CT molecular complexity index is 507. The van der Waals surface area contributed by atoms with Crippen LogP contribution in [0.2, 0.25) is 0 Å². The molecule has 3 rings (SSSR count). The van der Waals surface area contributed by atoms with Crippen LogP contribution in [0.3, 0.4) is 0 Å². The van der Waals surface area contributed by atoms with Crippen LogP contribution in [-0.2, 0) is 11.2 Å². The third-order valence-corrected chi connectivity index (χ3v) is 4.64. The molecule has 1 amide bonds. The molecule has 0 radical (unpaired) electrons. The molecular weight excluding hydrogens is 264 g/mol. The Morgan fingerprint density at radius 3 is 2.71 bits per heavy atom. The van der Waals surface area contributed by atoms with Crippen LogP contribution in [-0.4, -0.2) is 59.6 Å². The molecule has 4 heteroatoms. The van der Waals surface area contributed by atoms with Gasteiger partial charge in [0.1, 0.15) is 0 Å². The number of hydrogen-bond donors (Lipinski definition) is 1. The zero-order chi connectivity index (χ0) is 14.8. The van der Waals surface area contributed by atoms with E-state index in [-0.39, 0.29) is 17.9 Å². The first-order chi connectivity index (χ1) is 10.1. The first kappa shape index (κ1) is 14.5. The first-order valence-corrected chi connectivity index (χ1v) is 7.92. The van der Waals surface area contributed by atoms with E-state index < -0.39 is 0 Å². The lowest BCUT2D eigenvalue weighted by atomic mass is 9.99. The van der Waals surface area contributed by atoms with Gasteiger partial charge in [0.2, 0.25) is 5.91 Å². The molecule has 0 bridgehead atoms. The number of aryl methyl sites for hydroxylation is 1. The van der Waals surface area contributed by atoms with Crippen LogP contribution in [0.5, 0.6) is 0 Å². The Labute approximate surface area is 126 Å². The van der Waals surface area contributed by atoms with Crippen molar-refractivity contribution < 1.29 is 9.90 Å². The third-order valence-electron chi connectivity index (χ3n) is 4.64. The van der Waals surface area contributed by atoms with Gasteiger partial charge in [-0.25, -0.2) is 0 Å². The minimum absolute atomic E-state index is 0.0597. The lowest BCUT2D eigenvalue weighted by Gasteiger charge is -2.36. The van der Waals surface area contributed by atoms with Crippen LogP contribution in [0.4, 0.5) is 0 Å². The quantitative estimate of drug-likeness (QED) is 0.910. The molecule has 114 valence electrons. The Kier molecular flexibility index (Phi) is 4.27. The summed E-state index contributed by atoms with van der Waals surface area (Å²) in [6, 6.07) is 8.34. The van der Waals surface area contributed by atoms with Crippen LogP contribution in [0, 0.1) is 0 Å². The zero-order valence-electron chi connectivity index (χ0n) is 12.7. The molecule has 1 aromatic rings. The zero-order valence-corrected chi connectivity index (χ0v) is 12.7. The van der Waals surface area contributed by atoms with Crippen molar-refractivity contribution in [3.8, 4) is 0 Å². The summed E-state index contributed by atoms with van der Waals surface area (Å²) in [7, 11) is 0. The number of rotatable bonds is 3. The predicted molar refractivity (Wildman–Crippen MR) is 82.2 cm³/mol. The van der Waals surface area contributed by atoms with Gasteiger partial charge >= 0.3 is 0 Å². The smallest absolute Gasteiger partial charge is 0.230 e. The number of piperazine rings is 1. The van der Waals surface area contributed by atoms with E-state index in [0.717, 1.165) is 39.0 Å². The maximum Gasteiger partial charge on any atom is 0.230 e. The van der Waals surface area contributed by atoms with E-state index in [1.54, 1.807) is 0 Å². The maximum absolute atomic E-state index is 12.8. The Morgan fingerprint density at radius 2 is 2.00 bits per heavy atom. The molecule has 1 heterocycles. The van der Waals surface area contributed by atoms with Crippen molar-refractivity contribution >= 4 is 5.91 Å². The lowest BCUT2D eigenvalue weighted by Crippen LogP contribution is -2.51. The van der Waals surface area contributed by atoms with Crippen molar-refractivity contribution in [2.75, 3.05) is 32.7 Å². The van der Waals surface area contributed by atoms with Gasteiger partial charge in [-0.2, -0.15) is 0 Å². The standard InChI is InChI=1S/C17H24N2O2/c1-13(20)12-18-8-10-19(11-9-18)17(21)16-7-6-14-4-2-3-5-15(14)16/h2-5,13,16,20H,6-12H2,1H3/t13-,16+/m0/s1. The van der Waals surface area contributed by atoms with Gasteiger partial charge in [-0.15, -0.1) is 0 Å². The highest BCUT2D eigenvalue weighted by Crippen LogP contribution is 2.34. The number of aliphatic hydroxyl groups is 1. The number of β-amino-alcohol motifs (C(OH)–C–C–N with tert-alkyl or cyclic N) is 1. The minimum atomic E-state index is -0.297. The molecule has 1 aromatic carbocycles. The maximum atomic E-state index is 12.8. The van der Waals surface area contributed by atoms with Crippen LogP contribution in [0.15, 0.2) is 24.3 Å². The Balaban J connectivity index is 1.61. The second kappa shape index (κ2) is 6.16. The SMILES string of the molecule is C[C@H](O)CN1CCN(C(=O)[C@@H]2CCc3ccccc32)CC1. The van der Waals surface area contributed by atoms with E-state index in [1.807, 2.05) is 17.9 Å². The number of hydrogen-bond acceptors (Lipinski definition) is 3. The van der Waals surface area contributed by atoms with Gasteiger partial charge in [-0.05, 0) is 30.9 Å². The van der Waals surface area contributed by atoms with E-state index in [4.69, 9.17) is 0 Å². The van der Waals surface area contributed by atoms with Crippen molar-refractivity contribution in [3.05, 3.63) is 35.4 Å². The number of nitrogens with zero attached hydrogens (tertiary/aromatic N) is 2. The van der Waals surface area contributed by atoms with Crippen LogP contribution in [0.25, 0.3) is 0 Å². The number of carbonyl (C=O) groups is 1. The largest absolute Gasteiger partial charge is 0.392 e. The fourth-order valence-corrected chi connectivity index (χ4v) is 3.56. The monoisotopic (exact) mass is 288 g/mol. The molecule has 21 heavy (non-hydrogen) atoms. The molecule has 1 aliphatic carbocycles. The molecular formula is C17H24N2O2. The van der Waals surface area contributed by atoms with Crippen molar-refractivity contribution in [2.45, 2.75) is 31.8 Å². The number of fused-ring (bicyclic) bond motifs is 1. The predicted octanol–water partition coefficient (Wildman–Crippen LogP) is 1.24. The summed E-state index contributed by atoms with van der Waals surface area (Å²) in [5.74, 6) is 0.348. The summed E-state index contributed by atoms with van der Waals surface area (Å²) < 4.78 is 0. The van der Waals surface area contributed by atoms with Crippen molar-refractivity contribution in [3.63, 3.8) is 0 Å². The molecule has 0 aromatic heterocycles. The van der Waals surface area contributed by atoms with Gasteiger partial charge in [0, 0.05) is 32.7 Å². The van der Waals surface area contributed by atoms with Gasteiger partial charge in [0.05, 0.1) is 12.0 Å². The van der Waals surface area contributed by atoms with Crippen LogP contribution < -0.4 is 0 Å².